The molecule has 0 aromatic heterocycles. The van der Waals surface area contributed by atoms with Gasteiger partial charge < -0.3 is 15.6 Å². The number of anilines is 1. The van der Waals surface area contributed by atoms with Crippen molar-refractivity contribution in [2.45, 2.75) is 0 Å². The molecule has 0 fully saturated rings. The lowest BCUT2D eigenvalue weighted by Crippen LogP contribution is -1.93. The highest BCUT2D eigenvalue weighted by Crippen LogP contribution is 2.53. The van der Waals surface area contributed by atoms with Crippen LogP contribution in [0.1, 0.15) is 0 Å². The predicted molar refractivity (Wildman–Crippen MR) is 125 cm³/mol. The summed E-state index contributed by atoms with van der Waals surface area (Å²) in [4.78, 5) is 0. The van der Waals surface area contributed by atoms with Gasteiger partial charge in [-0.15, -0.1) is 0 Å². The van der Waals surface area contributed by atoms with Gasteiger partial charge in [0.2, 0.25) is 0 Å². The minimum absolute atomic E-state index is 0.00270. The number of halogens is 8. The molecule has 29 heavy (non-hydrogen) atoms. The number of phenolic OH excluding ortho intramolecular Hbond substituents is 1. The maximum atomic E-state index is 9.78. The van der Waals surface area contributed by atoms with Gasteiger partial charge in [0.05, 0.1) is 40.8 Å². The summed E-state index contributed by atoms with van der Waals surface area (Å²) in [5.41, 5.74) is 6.23. The third-order valence-corrected chi connectivity index (χ3v) is 7.44. The average molecular weight is 553 g/mol. The van der Waals surface area contributed by atoms with Crippen molar-refractivity contribution >= 4 is 98.5 Å². The zero-order chi connectivity index (χ0) is 21.6. The zero-order valence-electron chi connectivity index (χ0n) is 13.8. The van der Waals surface area contributed by atoms with Gasteiger partial charge in [0.25, 0.3) is 0 Å². The van der Waals surface area contributed by atoms with Crippen LogP contribution in [0.4, 0.5) is 5.69 Å². The van der Waals surface area contributed by atoms with Gasteiger partial charge in [-0.3, -0.25) is 0 Å². The van der Waals surface area contributed by atoms with Crippen LogP contribution in [0, 0.1) is 0 Å². The molecule has 0 heterocycles. The summed E-state index contributed by atoms with van der Waals surface area (Å²) in [5.74, 6) is 0.183. The quantitative estimate of drug-likeness (QED) is 0.147. The summed E-state index contributed by atoms with van der Waals surface area (Å²) in [6.07, 6.45) is 0. The highest BCUT2D eigenvalue weighted by molar-refractivity contribution is 6.57. The molecule has 0 aliphatic heterocycles. The van der Waals surface area contributed by atoms with Crippen LogP contribution in [0.5, 0.6) is 17.2 Å². The molecule has 11 heteroatoms. The Hall–Kier alpha value is -0.620. The largest absolute Gasteiger partial charge is 0.506 e. The van der Waals surface area contributed by atoms with Crippen LogP contribution < -0.4 is 10.5 Å². The van der Waals surface area contributed by atoms with Crippen molar-refractivity contribution in [1.82, 2.24) is 0 Å². The molecule has 3 N–H and O–H groups in total. The Morgan fingerprint density at radius 3 is 1.72 bits per heavy atom. The average Bonchev–Trinajstić information content (AvgIpc) is 2.69. The predicted octanol–water partition coefficient (Wildman–Crippen LogP) is 9.66. The molecule has 0 aliphatic carbocycles. The fraction of sp³-hybridized carbons (Fsp3) is 0. The van der Waals surface area contributed by atoms with E-state index in [0.29, 0.717) is 0 Å². The second-order valence-corrected chi connectivity index (χ2v) is 8.66. The molecule has 0 unspecified atom stereocenters. The van der Waals surface area contributed by atoms with Gasteiger partial charge in [-0.2, -0.15) is 0 Å². The third-order valence-electron chi connectivity index (χ3n) is 3.82. The summed E-state index contributed by atoms with van der Waals surface area (Å²) in [7, 11) is 0. The van der Waals surface area contributed by atoms with Crippen molar-refractivity contribution in [3.05, 3.63) is 64.4 Å². The van der Waals surface area contributed by atoms with Gasteiger partial charge in [-0.25, -0.2) is 0 Å². The van der Waals surface area contributed by atoms with E-state index in [1.165, 1.54) is 24.3 Å². The number of hydrogen-bond acceptors (Lipinski definition) is 3. The minimum atomic E-state index is -0.165. The lowest BCUT2D eigenvalue weighted by atomic mass is 10.0. The van der Waals surface area contributed by atoms with Gasteiger partial charge in [0, 0.05) is 17.2 Å². The SMILES string of the molecule is Nc1ccc(Oc2cc(-c3c(Cl)c(Cl)c(Cl)c(Cl)c3Cl)c(Cl)c(Cl)c2Cl)cc1O. The molecule has 0 aliphatic rings. The summed E-state index contributed by atoms with van der Waals surface area (Å²) in [6.45, 7) is 0. The van der Waals surface area contributed by atoms with Gasteiger partial charge in [-0.1, -0.05) is 92.8 Å². The molecule has 0 amide bonds. The van der Waals surface area contributed by atoms with E-state index in [9.17, 15) is 5.11 Å². The van der Waals surface area contributed by atoms with Gasteiger partial charge in [-0.05, 0) is 18.2 Å². The van der Waals surface area contributed by atoms with Crippen molar-refractivity contribution in [3.8, 4) is 28.4 Å². The first-order chi connectivity index (χ1) is 13.5. The Morgan fingerprint density at radius 1 is 0.655 bits per heavy atom. The fourth-order valence-corrected chi connectivity index (χ4v) is 4.41. The first-order valence-electron chi connectivity index (χ1n) is 7.50. The molecule has 0 radical (unpaired) electrons. The standard InChI is InChI=1S/C18H7Cl8NO2/c19-11-6(10-13(21)16(24)18(26)17(25)14(10)22)4-9(12(20)15(11)23)29-5-1-2-7(27)8(28)3-5/h1-4,28H,27H2. The second kappa shape index (κ2) is 8.86. The Labute approximate surface area is 205 Å². The molecule has 3 rings (SSSR count). The first kappa shape index (κ1) is 23.1. The molecule has 0 saturated heterocycles. The van der Waals surface area contributed by atoms with E-state index >= 15 is 0 Å². The van der Waals surface area contributed by atoms with Crippen molar-refractivity contribution in [3.63, 3.8) is 0 Å². The smallest absolute Gasteiger partial charge is 0.148 e. The molecule has 3 aromatic rings. The van der Waals surface area contributed by atoms with E-state index in [-0.39, 0.29) is 74.2 Å². The summed E-state index contributed by atoms with van der Waals surface area (Å²) < 4.78 is 5.74. The van der Waals surface area contributed by atoms with Crippen LogP contribution in [0.2, 0.25) is 40.2 Å². The number of ether oxygens (including phenoxy) is 1. The molecule has 3 nitrogen and oxygen atoms in total. The maximum absolute atomic E-state index is 9.78. The molecule has 0 saturated carbocycles. The Balaban J connectivity index is 2.24. The lowest BCUT2D eigenvalue weighted by Gasteiger charge is -2.17. The van der Waals surface area contributed by atoms with Crippen molar-refractivity contribution in [2.75, 3.05) is 5.73 Å². The molecule has 3 aromatic carbocycles. The number of benzene rings is 3. The highest BCUT2D eigenvalue weighted by atomic mass is 35.5. The minimum Gasteiger partial charge on any atom is -0.506 e. The first-order valence-corrected chi connectivity index (χ1v) is 10.5. The van der Waals surface area contributed by atoms with Crippen molar-refractivity contribution < 1.29 is 9.84 Å². The van der Waals surface area contributed by atoms with Gasteiger partial charge in [0.15, 0.2) is 0 Å². The van der Waals surface area contributed by atoms with E-state index < -0.39 is 0 Å². The van der Waals surface area contributed by atoms with E-state index in [1.54, 1.807) is 0 Å². The van der Waals surface area contributed by atoms with Crippen LogP contribution in [-0.4, -0.2) is 5.11 Å². The second-order valence-electron chi connectivity index (χ2n) is 5.63. The Kier molecular flexibility index (Phi) is 7.04. The van der Waals surface area contributed by atoms with Gasteiger partial charge in [0.1, 0.15) is 22.3 Å². The molecule has 152 valence electrons. The Bertz CT molecular complexity index is 1120. The van der Waals surface area contributed by atoms with Crippen molar-refractivity contribution in [1.29, 1.82) is 0 Å². The molecular formula is C18H7Cl8NO2. The third kappa shape index (κ3) is 4.26. The highest BCUT2D eigenvalue weighted by Gasteiger charge is 2.25. The van der Waals surface area contributed by atoms with E-state index in [4.69, 9.17) is 103 Å². The lowest BCUT2D eigenvalue weighted by molar-refractivity contribution is 0.457. The normalized spacial score (nSPS) is 11.0. The van der Waals surface area contributed by atoms with Crippen LogP contribution in [0.3, 0.4) is 0 Å². The molecule has 0 atom stereocenters. The molecule has 0 bridgehead atoms. The van der Waals surface area contributed by atoms with E-state index in [1.807, 2.05) is 0 Å². The number of nitrogen functional groups attached to an aromatic ring is 1. The van der Waals surface area contributed by atoms with Crippen LogP contribution >= 0.6 is 92.8 Å². The monoisotopic (exact) mass is 549 g/mol. The number of nitrogens with two attached hydrogens (primary N) is 1. The van der Waals surface area contributed by atoms with E-state index in [0.717, 1.165) is 0 Å². The van der Waals surface area contributed by atoms with Crippen LogP contribution in [0.25, 0.3) is 11.1 Å². The number of rotatable bonds is 3. The summed E-state index contributed by atoms with van der Waals surface area (Å²) in [6, 6.07) is 5.76. The van der Waals surface area contributed by atoms with Crippen LogP contribution in [0.15, 0.2) is 24.3 Å². The van der Waals surface area contributed by atoms with Gasteiger partial charge >= 0.3 is 0 Å². The zero-order valence-corrected chi connectivity index (χ0v) is 19.8. The molecule has 0 spiro atoms. The Morgan fingerprint density at radius 2 is 1.17 bits per heavy atom. The number of hydrogen-bond donors (Lipinski definition) is 2. The van der Waals surface area contributed by atoms with E-state index in [2.05, 4.69) is 0 Å². The van der Waals surface area contributed by atoms with Crippen molar-refractivity contribution in [2.24, 2.45) is 0 Å². The summed E-state index contributed by atoms with van der Waals surface area (Å²) >= 11 is 50.0. The maximum Gasteiger partial charge on any atom is 0.148 e. The fourth-order valence-electron chi connectivity index (χ4n) is 2.39. The topological polar surface area (TPSA) is 55.5 Å². The summed E-state index contributed by atoms with van der Waals surface area (Å²) in [5, 5.41) is 9.84. The number of phenols is 1. The number of aromatic hydroxyl groups is 1. The molecular weight excluding hydrogens is 546 g/mol. The van der Waals surface area contributed by atoms with Crippen LogP contribution in [-0.2, 0) is 0 Å².